The molecule has 1 saturated carbocycles. The third kappa shape index (κ3) is 4.26. The van der Waals surface area contributed by atoms with Gasteiger partial charge in [-0.2, -0.15) is 0 Å². The van der Waals surface area contributed by atoms with Crippen molar-refractivity contribution >= 4 is 21.6 Å². The van der Waals surface area contributed by atoms with Crippen LogP contribution in [0.15, 0.2) is 0 Å². The summed E-state index contributed by atoms with van der Waals surface area (Å²) in [6.07, 6.45) is 3.01. The number of hydrogen-bond acceptors (Lipinski definition) is 1. The van der Waals surface area contributed by atoms with Crippen LogP contribution >= 0.6 is 15.8 Å². The number of ketones is 1. The molecule has 0 unspecified atom stereocenters. The normalized spacial score (nSPS) is 20.3. The summed E-state index contributed by atoms with van der Waals surface area (Å²) < 4.78 is 0. The summed E-state index contributed by atoms with van der Waals surface area (Å²) in [5, 5.41) is 0.741. The molecule has 0 aromatic heterocycles. The zero-order chi connectivity index (χ0) is 19.4. The minimum absolute atomic E-state index is 0.0856. The standard InChI is InChI=1S/C21H42OP2/c1-17(2,3)23(18(4,5)6)21(15-13-14-16(21)22)24(19(7,8)9)20(10,11)12/h13-15H2,1-12H3. The fourth-order valence-corrected chi connectivity index (χ4v) is 20.0. The zero-order valence-corrected chi connectivity index (χ0v) is 20.2. The second-order valence-corrected chi connectivity index (χ2v) is 20.0. The van der Waals surface area contributed by atoms with Crippen molar-refractivity contribution in [3.05, 3.63) is 0 Å². The number of rotatable bonds is 2. The van der Waals surface area contributed by atoms with Gasteiger partial charge in [0.25, 0.3) is 0 Å². The highest BCUT2D eigenvalue weighted by molar-refractivity contribution is 7.81. The monoisotopic (exact) mass is 372 g/mol. The minimum Gasteiger partial charge on any atom is -0.298 e. The Bertz CT molecular complexity index is 406. The predicted molar refractivity (Wildman–Crippen MR) is 114 cm³/mol. The van der Waals surface area contributed by atoms with Crippen LogP contribution in [0.25, 0.3) is 0 Å². The molecule has 0 spiro atoms. The topological polar surface area (TPSA) is 17.1 Å². The van der Waals surface area contributed by atoms with Gasteiger partial charge in [-0.25, -0.2) is 0 Å². The maximum Gasteiger partial charge on any atom is 0.147 e. The Morgan fingerprint density at radius 2 is 0.958 bits per heavy atom. The van der Waals surface area contributed by atoms with Gasteiger partial charge in [0.05, 0.1) is 4.90 Å². The van der Waals surface area contributed by atoms with Crippen molar-refractivity contribution in [1.82, 2.24) is 0 Å². The van der Waals surface area contributed by atoms with Crippen molar-refractivity contribution < 1.29 is 4.79 Å². The van der Waals surface area contributed by atoms with Crippen LogP contribution in [0.2, 0.25) is 0 Å². The highest BCUT2D eigenvalue weighted by atomic mass is 31.2. The van der Waals surface area contributed by atoms with Gasteiger partial charge in [0.2, 0.25) is 0 Å². The molecule has 1 aliphatic carbocycles. The molecule has 3 heteroatoms. The third-order valence-corrected chi connectivity index (χ3v) is 13.8. The molecule has 1 nitrogen and oxygen atoms in total. The van der Waals surface area contributed by atoms with Gasteiger partial charge < -0.3 is 0 Å². The van der Waals surface area contributed by atoms with Crippen LogP contribution in [0.1, 0.15) is 102 Å². The molecule has 0 saturated heterocycles. The Kier molecular flexibility index (Phi) is 6.21. The molecular weight excluding hydrogens is 330 g/mol. The summed E-state index contributed by atoms with van der Waals surface area (Å²) in [6.45, 7) is 28.6. The molecule has 1 rings (SSSR count). The SMILES string of the molecule is CC(C)(C)P(C(C)(C)C)C1(P(C(C)(C)C)C(C)(C)C)CCCC1=O. The molecule has 142 valence electrons. The maximum atomic E-state index is 13.6. The molecule has 24 heavy (non-hydrogen) atoms. The molecule has 0 amide bonds. The van der Waals surface area contributed by atoms with Gasteiger partial charge >= 0.3 is 0 Å². The lowest BCUT2D eigenvalue weighted by Gasteiger charge is -2.60. The van der Waals surface area contributed by atoms with Gasteiger partial charge in [0.1, 0.15) is 5.78 Å². The van der Waals surface area contributed by atoms with Crippen LogP contribution in [0.5, 0.6) is 0 Å². The van der Waals surface area contributed by atoms with E-state index in [4.69, 9.17) is 0 Å². The van der Waals surface area contributed by atoms with Crippen LogP contribution < -0.4 is 0 Å². The minimum atomic E-state index is -0.456. The number of hydrogen-bond donors (Lipinski definition) is 0. The quantitative estimate of drug-likeness (QED) is 0.456. The lowest BCUT2D eigenvalue weighted by molar-refractivity contribution is -0.117. The average molecular weight is 373 g/mol. The van der Waals surface area contributed by atoms with Crippen molar-refractivity contribution in [3.63, 3.8) is 0 Å². The predicted octanol–water partition coefficient (Wildman–Crippen LogP) is 7.59. The third-order valence-electron chi connectivity index (χ3n) is 4.80. The van der Waals surface area contributed by atoms with Gasteiger partial charge in [0.15, 0.2) is 0 Å². The molecule has 1 aliphatic rings. The first-order chi connectivity index (χ1) is 10.4. The molecule has 0 atom stereocenters. The lowest BCUT2D eigenvalue weighted by atomic mass is 10.2. The molecule has 1 fully saturated rings. The highest BCUT2D eigenvalue weighted by Crippen LogP contribution is 2.85. The van der Waals surface area contributed by atoms with Gasteiger partial charge in [0, 0.05) is 6.42 Å². The van der Waals surface area contributed by atoms with Gasteiger partial charge in [-0.15, -0.1) is 0 Å². The van der Waals surface area contributed by atoms with E-state index < -0.39 is 15.8 Å². The fraction of sp³-hybridized carbons (Fsp3) is 0.952. The van der Waals surface area contributed by atoms with Gasteiger partial charge in [-0.3, -0.25) is 4.79 Å². The Hall–Kier alpha value is 0.530. The molecule has 0 radical (unpaired) electrons. The van der Waals surface area contributed by atoms with E-state index in [1.807, 2.05) is 0 Å². The Morgan fingerprint density at radius 3 is 1.12 bits per heavy atom. The maximum absolute atomic E-state index is 13.6. The van der Waals surface area contributed by atoms with Gasteiger partial charge in [-0.1, -0.05) is 98.9 Å². The van der Waals surface area contributed by atoms with Crippen LogP contribution in [-0.4, -0.2) is 31.3 Å². The number of Topliss-reactive ketones (excluding diaryl/α,β-unsaturated/α-hetero) is 1. The molecular formula is C21H42OP2. The summed E-state index contributed by atoms with van der Waals surface area (Å²) in [5.41, 5.74) is 0. The molecule has 0 heterocycles. The van der Waals surface area contributed by atoms with Crippen molar-refractivity contribution in [1.29, 1.82) is 0 Å². The fourth-order valence-electron chi connectivity index (χ4n) is 5.64. The summed E-state index contributed by atoms with van der Waals surface area (Å²) >= 11 is 0. The van der Waals surface area contributed by atoms with E-state index in [0.717, 1.165) is 19.3 Å². The number of carbonyl (C=O) groups is 1. The Labute approximate surface area is 154 Å². The van der Waals surface area contributed by atoms with E-state index in [0.29, 0.717) is 5.78 Å². The van der Waals surface area contributed by atoms with E-state index in [2.05, 4.69) is 83.1 Å². The van der Waals surface area contributed by atoms with Crippen molar-refractivity contribution in [2.75, 3.05) is 0 Å². The summed E-state index contributed by atoms with van der Waals surface area (Å²) in [6, 6.07) is 0. The summed E-state index contributed by atoms with van der Waals surface area (Å²) in [5.74, 6) is 0.592. The van der Waals surface area contributed by atoms with Gasteiger partial charge in [-0.05, 0) is 33.5 Å². The van der Waals surface area contributed by atoms with E-state index >= 15 is 0 Å². The van der Waals surface area contributed by atoms with E-state index in [1.165, 1.54) is 0 Å². The van der Waals surface area contributed by atoms with E-state index in [-0.39, 0.29) is 25.5 Å². The summed E-state index contributed by atoms with van der Waals surface area (Å²) in [4.78, 5) is 13.5. The Morgan fingerprint density at radius 1 is 0.667 bits per heavy atom. The molecule has 0 bridgehead atoms. The van der Waals surface area contributed by atoms with Crippen LogP contribution in [-0.2, 0) is 4.79 Å². The molecule has 0 aliphatic heterocycles. The first-order valence-corrected chi connectivity index (χ1v) is 12.2. The average Bonchev–Trinajstić information content (AvgIpc) is 2.50. The van der Waals surface area contributed by atoms with E-state index in [9.17, 15) is 4.79 Å². The van der Waals surface area contributed by atoms with Crippen molar-refractivity contribution in [2.24, 2.45) is 0 Å². The molecule has 0 aromatic rings. The Balaban J connectivity index is 3.80. The van der Waals surface area contributed by atoms with Crippen LogP contribution in [0.4, 0.5) is 0 Å². The summed E-state index contributed by atoms with van der Waals surface area (Å²) in [7, 11) is -0.912. The van der Waals surface area contributed by atoms with E-state index in [1.54, 1.807) is 0 Å². The lowest BCUT2D eigenvalue weighted by Crippen LogP contribution is -2.48. The first kappa shape index (κ1) is 22.6. The van der Waals surface area contributed by atoms with Crippen molar-refractivity contribution in [3.8, 4) is 0 Å². The largest absolute Gasteiger partial charge is 0.298 e. The van der Waals surface area contributed by atoms with Crippen LogP contribution in [0.3, 0.4) is 0 Å². The van der Waals surface area contributed by atoms with Crippen molar-refractivity contribution in [2.45, 2.75) is 128 Å². The molecule has 0 aromatic carbocycles. The second kappa shape index (κ2) is 6.60. The smallest absolute Gasteiger partial charge is 0.147 e. The first-order valence-electron chi connectivity index (χ1n) is 9.50. The highest BCUT2D eigenvalue weighted by Gasteiger charge is 2.63. The number of carbonyl (C=O) groups excluding carboxylic acids is 1. The molecule has 0 N–H and O–H groups in total. The zero-order valence-electron chi connectivity index (χ0n) is 18.4. The van der Waals surface area contributed by atoms with Crippen LogP contribution in [0, 0.1) is 0 Å². The second-order valence-electron chi connectivity index (χ2n) is 11.4.